The van der Waals surface area contributed by atoms with Crippen LogP contribution in [0, 0.1) is 11.8 Å². The Labute approximate surface area is 130 Å². The number of para-hydroxylation sites is 1. The highest BCUT2D eigenvalue weighted by atomic mass is 16.5. The third kappa shape index (κ3) is 5.35. The van der Waals surface area contributed by atoms with Gasteiger partial charge < -0.3 is 10.1 Å². The van der Waals surface area contributed by atoms with Crippen LogP contribution in [0.15, 0.2) is 30.3 Å². The van der Waals surface area contributed by atoms with Gasteiger partial charge in [0.25, 0.3) is 0 Å². The number of hydrogen-bond donors (Lipinski definition) is 1. The van der Waals surface area contributed by atoms with Gasteiger partial charge in [0.05, 0.1) is 6.61 Å². The average Bonchev–Trinajstić information content (AvgIpc) is 2.51. The van der Waals surface area contributed by atoms with E-state index in [1.54, 1.807) is 0 Å². The lowest BCUT2D eigenvalue weighted by atomic mass is 9.75. The summed E-state index contributed by atoms with van der Waals surface area (Å²) < 4.78 is 5.90. The van der Waals surface area contributed by atoms with Crippen molar-refractivity contribution >= 4 is 0 Å². The Morgan fingerprint density at radius 3 is 2.62 bits per heavy atom. The van der Waals surface area contributed by atoms with Crippen LogP contribution in [0.1, 0.15) is 52.4 Å². The van der Waals surface area contributed by atoms with E-state index >= 15 is 0 Å². The molecule has 0 aromatic heterocycles. The summed E-state index contributed by atoms with van der Waals surface area (Å²) in [6, 6.07) is 10.9. The van der Waals surface area contributed by atoms with Gasteiger partial charge >= 0.3 is 0 Å². The first-order chi connectivity index (χ1) is 10.3. The summed E-state index contributed by atoms with van der Waals surface area (Å²) in [4.78, 5) is 0. The maximum Gasteiger partial charge on any atom is 0.119 e. The van der Waals surface area contributed by atoms with E-state index in [1.165, 1.54) is 38.5 Å². The third-order valence-electron chi connectivity index (χ3n) is 4.75. The Morgan fingerprint density at radius 1 is 1.10 bits per heavy atom. The summed E-state index contributed by atoms with van der Waals surface area (Å²) in [7, 11) is 0. The van der Waals surface area contributed by atoms with Gasteiger partial charge in [-0.15, -0.1) is 0 Å². The molecule has 2 heteroatoms. The molecule has 0 bridgehead atoms. The molecular weight excluding hydrogens is 258 g/mol. The molecule has 0 heterocycles. The number of rotatable bonds is 8. The first kappa shape index (κ1) is 16.4. The Hall–Kier alpha value is -1.02. The van der Waals surface area contributed by atoms with E-state index in [0.717, 1.165) is 30.7 Å². The van der Waals surface area contributed by atoms with Crippen molar-refractivity contribution in [1.29, 1.82) is 0 Å². The molecule has 1 fully saturated rings. The molecule has 0 saturated heterocycles. The molecule has 1 aromatic rings. The zero-order valence-corrected chi connectivity index (χ0v) is 13.7. The number of ether oxygens (including phenoxy) is 1. The molecule has 21 heavy (non-hydrogen) atoms. The fourth-order valence-electron chi connectivity index (χ4n) is 3.73. The molecule has 0 spiro atoms. The zero-order valence-electron chi connectivity index (χ0n) is 13.7. The highest BCUT2D eigenvalue weighted by molar-refractivity contribution is 5.20. The molecule has 3 atom stereocenters. The summed E-state index contributed by atoms with van der Waals surface area (Å²) in [5.74, 6) is 2.71. The Bertz CT molecular complexity index is 378. The highest BCUT2D eigenvalue weighted by Crippen LogP contribution is 2.34. The van der Waals surface area contributed by atoms with E-state index in [1.807, 2.05) is 30.3 Å². The predicted molar refractivity (Wildman–Crippen MR) is 89.8 cm³/mol. The predicted octanol–water partition coefficient (Wildman–Crippen LogP) is 4.65. The van der Waals surface area contributed by atoms with Gasteiger partial charge in [-0.3, -0.25) is 0 Å². The summed E-state index contributed by atoms with van der Waals surface area (Å²) in [6.07, 6.45) is 8.02. The van der Waals surface area contributed by atoms with Gasteiger partial charge in [0.2, 0.25) is 0 Å². The van der Waals surface area contributed by atoms with Gasteiger partial charge in [0.1, 0.15) is 5.75 Å². The molecule has 2 nitrogen and oxygen atoms in total. The van der Waals surface area contributed by atoms with Crippen molar-refractivity contribution in [3.05, 3.63) is 30.3 Å². The first-order valence-corrected chi connectivity index (χ1v) is 8.74. The SMILES string of the molecule is CCCC1CCC(NCC)C(CCOc2ccccc2)C1. The molecule has 0 amide bonds. The Balaban J connectivity index is 1.81. The fraction of sp³-hybridized carbons (Fsp3) is 0.684. The van der Waals surface area contributed by atoms with Crippen LogP contribution in [-0.2, 0) is 0 Å². The van der Waals surface area contributed by atoms with Gasteiger partial charge in [-0.25, -0.2) is 0 Å². The second kappa shape index (κ2) is 9.09. The molecule has 0 radical (unpaired) electrons. The maximum absolute atomic E-state index is 5.90. The number of benzene rings is 1. The average molecular weight is 289 g/mol. The molecular formula is C19H31NO. The molecule has 1 aliphatic carbocycles. The van der Waals surface area contributed by atoms with E-state index in [4.69, 9.17) is 4.74 Å². The lowest BCUT2D eigenvalue weighted by molar-refractivity contribution is 0.162. The normalized spacial score (nSPS) is 25.7. The van der Waals surface area contributed by atoms with Crippen molar-refractivity contribution in [2.24, 2.45) is 11.8 Å². The van der Waals surface area contributed by atoms with Gasteiger partial charge in [0.15, 0.2) is 0 Å². The molecule has 118 valence electrons. The zero-order chi connectivity index (χ0) is 14.9. The summed E-state index contributed by atoms with van der Waals surface area (Å²) in [6.45, 7) is 6.45. The largest absolute Gasteiger partial charge is 0.494 e. The van der Waals surface area contributed by atoms with Crippen LogP contribution >= 0.6 is 0 Å². The van der Waals surface area contributed by atoms with Crippen molar-refractivity contribution < 1.29 is 4.74 Å². The topological polar surface area (TPSA) is 21.3 Å². The molecule has 1 aromatic carbocycles. The minimum Gasteiger partial charge on any atom is -0.494 e. The van der Waals surface area contributed by atoms with E-state index in [2.05, 4.69) is 19.2 Å². The molecule has 1 N–H and O–H groups in total. The van der Waals surface area contributed by atoms with Crippen LogP contribution in [0.4, 0.5) is 0 Å². The van der Waals surface area contributed by atoms with Gasteiger partial charge in [-0.05, 0) is 56.2 Å². The van der Waals surface area contributed by atoms with Crippen molar-refractivity contribution in [3.8, 4) is 5.75 Å². The monoisotopic (exact) mass is 289 g/mol. The lowest BCUT2D eigenvalue weighted by Gasteiger charge is -2.36. The number of nitrogens with one attached hydrogen (secondary N) is 1. The third-order valence-corrected chi connectivity index (χ3v) is 4.75. The van der Waals surface area contributed by atoms with Crippen molar-refractivity contribution in [2.75, 3.05) is 13.2 Å². The summed E-state index contributed by atoms with van der Waals surface area (Å²) >= 11 is 0. The first-order valence-electron chi connectivity index (χ1n) is 8.74. The van der Waals surface area contributed by atoms with Crippen LogP contribution in [0.3, 0.4) is 0 Å². The maximum atomic E-state index is 5.90. The Morgan fingerprint density at radius 2 is 1.90 bits per heavy atom. The quantitative estimate of drug-likeness (QED) is 0.752. The van der Waals surface area contributed by atoms with Gasteiger partial charge in [-0.1, -0.05) is 44.9 Å². The molecule has 2 rings (SSSR count). The minimum atomic E-state index is 0.697. The smallest absolute Gasteiger partial charge is 0.119 e. The highest BCUT2D eigenvalue weighted by Gasteiger charge is 2.29. The standard InChI is InChI=1S/C19H31NO/c1-3-8-16-11-12-19(20-4-2)17(15-16)13-14-21-18-9-6-5-7-10-18/h5-7,9-10,16-17,19-20H,3-4,8,11-15H2,1-2H3. The Kier molecular flexibility index (Phi) is 7.08. The van der Waals surface area contributed by atoms with Crippen molar-refractivity contribution in [2.45, 2.75) is 58.4 Å². The van der Waals surface area contributed by atoms with Crippen LogP contribution in [-0.4, -0.2) is 19.2 Å². The van der Waals surface area contributed by atoms with Gasteiger partial charge in [0, 0.05) is 6.04 Å². The number of hydrogen-bond acceptors (Lipinski definition) is 2. The van der Waals surface area contributed by atoms with E-state index < -0.39 is 0 Å². The van der Waals surface area contributed by atoms with E-state index in [0.29, 0.717) is 6.04 Å². The van der Waals surface area contributed by atoms with Crippen LogP contribution in [0.2, 0.25) is 0 Å². The van der Waals surface area contributed by atoms with Crippen LogP contribution < -0.4 is 10.1 Å². The van der Waals surface area contributed by atoms with Gasteiger partial charge in [-0.2, -0.15) is 0 Å². The van der Waals surface area contributed by atoms with E-state index in [9.17, 15) is 0 Å². The fourth-order valence-corrected chi connectivity index (χ4v) is 3.73. The van der Waals surface area contributed by atoms with Crippen molar-refractivity contribution in [3.63, 3.8) is 0 Å². The van der Waals surface area contributed by atoms with Crippen molar-refractivity contribution in [1.82, 2.24) is 5.32 Å². The molecule has 1 aliphatic rings. The molecule has 0 aliphatic heterocycles. The molecule has 3 unspecified atom stereocenters. The minimum absolute atomic E-state index is 0.697. The van der Waals surface area contributed by atoms with Crippen LogP contribution in [0.25, 0.3) is 0 Å². The second-order valence-electron chi connectivity index (χ2n) is 6.34. The summed E-state index contributed by atoms with van der Waals surface area (Å²) in [5.41, 5.74) is 0. The second-order valence-corrected chi connectivity index (χ2v) is 6.34. The lowest BCUT2D eigenvalue weighted by Crippen LogP contribution is -2.41. The van der Waals surface area contributed by atoms with Crippen LogP contribution in [0.5, 0.6) is 5.75 Å². The van der Waals surface area contributed by atoms with E-state index in [-0.39, 0.29) is 0 Å². The summed E-state index contributed by atoms with van der Waals surface area (Å²) in [5, 5.41) is 3.69. The molecule has 1 saturated carbocycles.